The van der Waals surface area contributed by atoms with Crippen molar-refractivity contribution in [1.82, 2.24) is 5.32 Å². The second-order valence-corrected chi connectivity index (χ2v) is 8.18. The first kappa shape index (κ1) is 23.6. The van der Waals surface area contributed by atoms with Gasteiger partial charge in [0, 0.05) is 17.3 Å². The van der Waals surface area contributed by atoms with E-state index in [1.54, 1.807) is 48.5 Å². The Morgan fingerprint density at radius 3 is 2.42 bits per heavy atom. The van der Waals surface area contributed by atoms with E-state index in [4.69, 9.17) is 10.00 Å². The third-order valence-corrected chi connectivity index (χ3v) is 5.11. The third-order valence-electron chi connectivity index (χ3n) is 5.11. The van der Waals surface area contributed by atoms with Gasteiger partial charge in [-0.1, -0.05) is 49.7 Å². The molecule has 1 unspecified atom stereocenters. The summed E-state index contributed by atoms with van der Waals surface area (Å²) in [5.41, 5.74) is 3.59. The molecular weight excluding hydrogens is 414 g/mol. The van der Waals surface area contributed by atoms with Gasteiger partial charge in [0.15, 0.2) is 0 Å². The number of ether oxygens (including phenoxy) is 1. The van der Waals surface area contributed by atoms with Crippen LogP contribution in [0.1, 0.15) is 40.9 Å². The summed E-state index contributed by atoms with van der Waals surface area (Å²) in [6, 6.07) is 22.9. The molecule has 0 saturated heterocycles. The normalized spacial score (nSPS) is 11.4. The van der Waals surface area contributed by atoms with Gasteiger partial charge in [0.05, 0.1) is 11.6 Å². The van der Waals surface area contributed by atoms with Crippen LogP contribution < -0.4 is 15.4 Å². The lowest BCUT2D eigenvalue weighted by atomic mass is 10.0. The molecule has 3 rings (SSSR count). The number of hydrogen-bond donors (Lipinski definition) is 2. The fourth-order valence-electron chi connectivity index (χ4n) is 3.25. The third kappa shape index (κ3) is 6.68. The Bertz CT molecular complexity index is 1160. The molecule has 0 fully saturated rings. The molecule has 6 nitrogen and oxygen atoms in total. The Hall–Kier alpha value is -4.11. The smallest absolute Gasteiger partial charge is 0.251 e. The van der Waals surface area contributed by atoms with Crippen LogP contribution in [0, 0.1) is 24.2 Å². The van der Waals surface area contributed by atoms with Crippen LogP contribution in [0.3, 0.4) is 0 Å². The number of nitrogens with one attached hydrogen (secondary N) is 2. The molecule has 0 aliphatic heterocycles. The summed E-state index contributed by atoms with van der Waals surface area (Å²) in [6.07, 6.45) is 0. The van der Waals surface area contributed by atoms with E-state index in [1.165, 1.54) is 0 Å². The maximum atomic E-state index is 12.9. The van der Waals surface area contributed by atoms with E-state index in [1.807, 2.05) is 45.0 Å². The minimum Gasteiger partial charge on any atom is -0.489 e. The lowest BCUT2D eigenvalue weighted by Crippen LogP contribution is -2.47. The molecule has 2 amide bonds. The van der Waals surface area contributed by atoms with Crippen LogP contribution in [0.5, 0.6) is 5.75 Å². The van der Waals surface area contributed by atoms with Gasteiger partial charge in [0.25, 0.3) is 5.91 Å². The average molecular weight is 442 g/mol. The van der Waals surface area contributed by atoms with Crippen LogP contribution in [0.4, 0.5) is 5.69 Å². The quantitative estimate of drug-likeness (QED) is 0.523. The molecular formula is C27H27N3O3. The van der Waals surface area contributed by atoms with Gasteiger partial charge in [0.1, 0.15) is 18.4 Å². The zero-order chi connectivity index (χ0) is 23.8. The van der Waals surface area contributed by atoms with Gasteiger partial charge in [-0.15, -0.1) is 0 Å². The van der Waals surface area contributed by atoms with Gasteiger partial charge in [0.2, 0.25) is 5.91 Å². The summed E-state index contributed by atoms with van der Waals surface area (Å²) in [5.74, 6) is -0.115. The fourth-order valence-corrected chi connectivity index (χ4v) is 3.25. The van der Waals surface area contributed by atoms with Gasteiger partial charge >= 0.3 is 0 Å². The first-order valence-corrected chi connectivity index (χ1v) is 10.8. The Morgan fingerprint density at radius 1 is 1.00 bits per heavy atom. The van der Waals surface area contributed by atoms with Crippen molar-refractivity contribution in [3.8, 4) is 11.8 Å². The summed E-state index contributed by atoms with van der Waals surface area (Å²) in [6.45, 7) is 6.02. The molecule has 0 aromatic heterocycles. The zero-order valence-electron chi connectivity index (χ0n) is 19.0. The molecule has 3 aromatic rings. The van der Waals surface area contributed by atoms with Crippen LogP contribution in [-0.4, -0.2) is 17.9 Å². The molecule has 0 spiro atoms. The summed E-state index contributed by atoms with van der Waals surface area (Å²) >= 11 is 0. The number of aryl methyl sites for hydroxylation is 1. The molecule has 1 atom stereocenters. The van der Waals surface area contributed by atoms with Crippen molar-refractivity contribution >= 4 is 17.5 Å². The van der Waals surface area contributed by atoms with Crippen molar-refractivity contribution in [3.63, 3.8) is 0 Å². The van der Waals surface area contributed by atoms with Crippen molar-refractivity contribution in [2.45, 2.75) is 33.4 Å². The summed E-state index contributed by atoms with van der Waals surface area (Å²) in [5, 5.41) is 14.7. The van der Waals surface area contributed by atoms with E-state index in [9.17, 15) is 9.59 Å². The van der Waals surface area contributed by atoms with Crippen molar-refractivity contribution in [3.05, 3.63) is 95.1 Å². The number of hydrogen-bond acceptors (Lipinski definition) is 4. The number of nitriles is 1. The van der Waals surface area contributed by atoms with E-state index >= 15 is 0 Å². The highest BCUT2D eigenvalue weighted by molar-refractivity contribution is 6.01. The van der Waals surface area contributed by atoms with Gasteiger partial charge < -0.3 is 15.4 Å². The van der Waals surface area contributed by atoms with Crippen molar-refractivity contribution in [2.24, 2.45) is 5.92 Å². The highest BCUT2D eigenvalue weighted by atomic mass is 16.5. The second-order valence-electron chi connectivity index (χ2n) is 8.18. The number of carbonyl (C=O) groups is 2. The fraction of sp³-hybridized carbons (Fsp3) is 0.222. The van der Waals surface area contributed by atoms with E-state index in [0.29, 0.717) is 29.2 Å². The minimum absolute atomic E-state index is 0.105. The molecule has 2 N–H and O–H groups in total. The zero-order valence-corrected chi connectivity index (χ0v) is 19.0. The Balaban J connectivity index is 1.64. The molecule has 33 heavy (non-hydrogen) atoms. The SMILES string of the molecule is Cc1ccc(C(=O)NC(C(=O)Nc2cccc(OCc3cccc(C#N)c3)c2)C(C)C)cc1. The van der Waals surface area contributed by atoms with Crippen LogP contribution in [0.25, 0.3) is 0 Å². The van der Waals surface area contributed by atoms with Crippen molar-refractivity contribution in [1.29, 1.82) is 5.26 Å². The largest absolute Gasteiger partial charge is 0.489 e. The first-order chi connectivity index (χ1) is 15.9. The van der Waals surface area contributed by atoms with Gasteiger partial charge in [-0.05, 0) is 54.8 Å². The number of anilines is 1. The molecule has 0 heterocycles. The van der Waals surface area contributed by atoms with Crippen molar-refractivity contribution in [2.75, 3.05) is 5.32 Å². The maximum Gasteiger partial charge on any atom is 0.251 e. The highest BCUT2D eigenvalue weighted by Crippen LogP contribution is 2.20. The van der Waals surface area contributed by atoms with Crippen LogP contribution in [0.15, 0.2) is 72.8 Å². The molecule has 0 bridgehead atoms. The van der Waals surface area contributed by atoms with E-state index in [-0.39, 0.29) is 17.7 Å². The van der Waals surface area contributed by atoms with Gasteiger partial charge in [-0.2, -0.15) is 5.26 Å². The van der Waals surface area contributed by atoms with Crippen LogP contribution in [-0.2, 0) is 11.4 Å². The van der Waals surface area contributed by atoms with E-state index in [2.05, 4.69) is 16.7 Å². The van der Waals surface area contributed by atoms with E-state index < -0.39 is 6.04 Å². The van der Waals surface area contributed by atoms with Gasteiger partial charge in [-0.3, -0.25) is 9.59 Å². The number of rotatable bonds is 8. The number of benzene rings is 3. The Kier molecular flexibility index (Phi) is 7.82. The standard InChI is InChI=1S/C27H27N3O3/c1-18(2)25(30-26(31)22-12-10-19(3)11-13-22)27(32)29-23-8-5-9-24(15-23)33-17-21-7-4-6-20(14-21)16-28/h4-15,18,25H,17H2,1-3H3,(H,29,32)(H,30,31). The van der Waals surface area contributed by atoms with Crippen molar-refractivity contribution < 1.29 is 14.3 Å². The number of amides is 2. The number of carbonyl (C=O) groups excluding carboxylic acids is 2. The maximum absolute atomic E-state index is 12.9. The molecule has 3 aromatic carbocycles. The lowest BCUT2D eigenvalue weighted by molar-refractivity contribution is -0.118. The second kappa shape index (κ2) is 11.0. The molecule has 0 aliphatic carbocycles. The minimum atomic E-state index is -0.697. The summed E-state index contributed by atoms with van der Waals surface area (Å²) in [4.78, 5) is 25.6. The molecule has 0 saturated carbocycles. The summed E-state index contributed by atoms with van der Waals surface area (Å²) in [7, 11) is 0. The molecule has 0 aliphatic rings. The first-order valence-electron chi connectivity index (χ1n) is 10.8. The lowest BCUT2D eigenvalue weighted by Gasteiger charge is -2.22. The predicted molar refractivity (Wildman–Crippen MR) is 128 cm³/mol. The summed E-state index contributed by atoms with van der Waals surface area (Å²) < 4.78 is 5.82. The van der Waals surface area contributed by atoms with Crippen LogP contribution >= 0.6 is 0 Å². The Morgan fingerprint density at radius 2 is 1.73 bits per heavy atom. The molecule has 0 radical (unpaired) electrons. The van der Waals surface area contributed by atoms with Gasteiger partial charge in [-0.25, -0.2) is 0 Å². The monoisotopic (exact) mass is 441 g/mol. The Labute approximate surface area is 194 Å². The van der Waals surface area contributed by atoms with Crippen LogP contribution in [0.2, 0.25) is 0 Å². The molecule has 6 heteroatoms. The predicted octanol–water partition coefficient (Wildman–Crippen LogP) is 4.84. The number of nitrogens with zero attached hydrogens (tertiary/aromatic N) is 1. The molecule has 168 valence electrons. The average Bonchev–Trinajstić information content (AvgIpc) is 2.81. The highest BCUT2D eigenvalue weighted by Gasteiger charge is 2.25. The van der Waals surface area contributed by atoms with E-state index in [0.717, 1.165) is 11.1 Å². The topological polar surface area (TPSA) is 91.2 Å².